The fourth-order valence-electron chi connectivity index (χ4n) is 4.62. The molecule has 16 nitrogen and oxygen atoms in total. The average Bonchev–Trinajstić information content (AvgIpc) is 3.44. The minimum Gasteiger partial charge on any atom is -0.465 e. The van der Waals surface area contributed by atoms with Crippen LogP contribution >= 0.6 is 0 Å². The fourth-order valence-corrected chi connectivity index (χ4v) is 4.62. The van der Waals surface area contributed by atoms with E-state index >= 15 is 0 Å². The number of ether oxygens (including phenoxy) is 7. The third-order valence-corrected chi connectivity index (χ3v) is 6.44. The average molecular weight is 621 g/mol. The molecule has 1 fully saturated rings. The predicted octanol–water partition coefficient (Wildman–Crippen LogP) is 0.305. The molecule has 2 heterocycles. The summed E-state index contributed by atoms with van der Waals surface area (Å²) < 4.78 is 39.8. The lowest BCUT2D eigenvalue weighted by Gasteiger charge is -2.47. The van der Waals surface area contributed by atoms with Crippen LogP contribution in [0.15, 0.2) is 36.5 Å². The van der Waals surface area contributed by atoms with Gasteiger partial charge in [0.2, 0.25) is 0 Å². The van der Waals surface area contributed by atoms with E-state index in [1.165, 1.54) is 4.68 Å². The SMILES string of the molecule is COC(=O)[C@@]1(OCCn2cc(-c3ccccc3)nn2)CC(OC(C)=O)[C@@H](N)C([C@H](OC(C)=O)[C@@H](COC(C)=O)OC(C)=O)O1. The molecule has 1 aliphatic heterocycles. The number of esters is 5. The zero-order chi connectivity index (χ0) is 32.4. The van der Waals surface area contributed by atoms with E-state index in [1.54, 1.807) is 6.20 Å². The first-order chi connectivity index (χ1) is 20.8. The minimum absolute atomic E-state index is 0.104. The molecule has 1 aliphatic rings. The highest BCUT2D eigenvalue weighted by molar-refractivity contribution is 5.78. The van der Waals surface area contributed by atoms with Gasteiger partial charge in [0.25, 0.3) is 5.79 Å². The lowest BCUT2D eigenvalue weighted by atomic mass is 9.88. The Hall–Kier alpha value is -4.41. The Kier molecular flexibility index (Phi) is 11.9. The Bertz CT molecular complexity index is 1320. The van der Waals surface area contributed by atoms with Crippen LogP contribution in [0.3, 0.4) is 0 Å². The summed E-state index contributed by atoms with van der Waals surface area (Å²) >= 11 is 0. The van der Waals surface area contributed by atoms with Crippen LogP contribution in [0.1, 0.15) is 34.1 Å². The smallest absolute Gasteiger partial charge is 0.366 e. The van der Waals surface area contributed by atoms with E-state index in [0.717, 1.165) is 40.4 Å². The molecule has 2 N–H and O–H groups in total. The number of carbonyl (C=O) groups excluding carboxylic acids is 5. The maximum absolute atomic E-state index is 13.3. The van der Waals surface area contributed by atoms with Gasteiger partial charge in [0.1, 0.15) is 24.5 Å². The summed E-state index contributed by atoms with van der Waals surface area (Å²) in [5.74, 6) is -6.35. The Morgan fingerprint density at radius 2 is 1.70 bits per heavy atom. The van der Waals surface area contributed by atoms with Crippen molar-refractivity contribution in [2.24, 2.45) is 5.73 Å². The summed E-state index contributed by atoms with van der Waals surface area (Å²) in [7, 11) is 1.09. The summed E-state index contributed by atoms with van der Waals surface area (Å²) in [6, 6.07) is 8.09. The summed E-state index contributed by atoms with van der Waals surface area (Å²) in [5, 5.41) is 8.23. The van der Waals surface area contributed by atoms with Crippen LogP contribution in [0.25, 0.3) is 11.3 Å². The van der Waals surface area contributed by atoms with Gasteiger partial charge in [-0.3, -0.25) is 19.2 Å². The molecule has 0 amide bonds. The van der Waals surface area contributed by atoms with E-state index in [0.29, 0.717) is 5.69 Å². The maximum Gasteiger partial charge on any atom is 0.366 e. The zero-order valence-corrected chi connectivity index (χ0v) is 25.0. The first-order valence-corrected chi connectivity index (χ1v) is 13.6. The third kappa shape index (κ3) is 9.05. The molecule has 6 atom stereocenters. The molecular formula is C28H36N4O12. The first kappa shape index (κ1) is 34.1. The molecule has 240 valence electrons. The monoisotopic (exact) mass is 620 g/mol. The van der Waals surface area contributed by atoms with Gasteiger partial charge < -0.3 is 38.9 Å². The van der Waals surface area contributed by atoms with Crippen LogP contribution in [0, 0.1) is 0 Å². The Morgan fingerprint density at radius 1 is 1.02 bits per heavy atom. The van der Waals surface area contributed by atoms with Crippen molar-refractivity contribution in [3.05, 3.63) is 36.5 Å². The lowest BCUT2D eigenvalue weighted by molar-refractivity contribution is -0.313. The van der Waals surface area contributed by atoms with Crippen molar-refractivity contribution < 1.29 is 57.1 Å². The van der Waals surface area contributed by atoms with Gasteiger partial charge in [-0.1, -0.05) is 35.5 Å². The van der Waals surface area contributed by atoms with Crippen LogP contribution in [0.5, 0.6) is 0 Å². The van der Waals surface area contributed by atoms with Gasteiger partial charge in [-0.2, -0.15) is 0 Å². The first-order valence-electron chi connectivity index (χ1n) is 13.6. The van der Waals surface area contributed by atoms with Gasteiger partial charge in [-0.25, -0.2) is 9.48 Å². The topological polar surface area (TPSA) is 207 Å². The van der Waals surface area contributed by atoms with Crippen LogP contribution in [-0.4, -0.2) is 101 Å². The number of benzene rings is 1. The molecule has 2 unspecified atom stereocenters. The number of hydrogen-bond acceptors (Lipinski definition) is 15. The number of aromatic nitrogens is 3. The van der Waals surface area contributed by atoms with E-state index in [2.05, 4.69) is 10.3 Å². The second-order valence-electron chi connectivity index (χ2n) is 9.86. The molecule has 2 aromatic rings. The Balaban J connectivity index is 1.95. The quantitative estimate of drug-likeness (QED) is 0.236. The van der Waals surface area contributed by atoms with Gasteiger partial charge in [-0.15, -0.1) is 5.10 Å². The molecule has 0 spiro atoms. The van der Waals surface area contributed by atoms with Crippen molar-refractivity contribution in [3.8, 4) is 11.3 Å². The number of nitrogens with zero attached hydrogens (tertiary/aromatic N) is 3. The highest BCUT2D eigenvalue weighted by Crippen LogP contribution is 2.36. The standard InChI is InChI=1S/C28H36N4O12/c1-16(33)39-15-23(42-18(3)35)25(43-19(4)36)26-24(29)22(41-17(2)34)13-28(44-26,27(37)38-5)40-12-11-32-14-21(30-31-32)20-9-7-6-8-10-20/h6-10,14,22-26H,11-13,15,29H2,1-5H3/t22?,23-,24-,25-,26?,28-/m1/s1. The maximum atomic E-state index is 13.3. The van der Waals surface area contributed by atoms with E-state index in [9.17, 15) is 24.0 Å². The zero-order valence-electron chi connectivity index (χ0n) is 25.0. The largest absolute Gasteiger partial charge is 0.465 e. The highest BCUT2D eigenvalue weighted by atomic mass is 16.7. The number of carbonyl (C=O) groups is 5. The Labute approximate surface area is 253 Å². The molecule has 0 radical (unpaired) electrons. The van der Waals surface area contributed by atoms with E-state index < -0.39 is 79.1 Å². The summed E-state index contributed by atoms with van der Waals surface area (Å²) in [6.45, 7) is 3.79. The van der Waals surface area contributed by atoms with Gasteiger partial charge in [0.05, 0.1) is 38.9 Å². The number of methoxy groups -OCH3 is 1. The number of nitrogens with two attached hydrogens (primary N) is 1. The Morgan fingerprint density at radius 3 is 2.30 bits per heavy atom. The van der Waals surface area contributed by atoms with E-state index in [-0.39, 0.29) is 13.2 Å². The van der Waals surface area contributed by atoms with Gasteiger partial charge in [0.15, 0.2) is 12.2 Å². The van der Waals surface area contributed by atoms with Gasteiger partial charge in [0, 0.05) is 33.3 Å². The molecule has 1 aromatic heterocycles. The van der Waals surface area contributed by atoms with Crippen LogP contribution in [0.4, 0.5) is 0 Å². The summed E-state index contributed by atoms with van der Waals surface area (Å²) in [6.07, 6.45) is -4.45. The second kappa shape index (κ2) is 15.4. The van der Waals surface area contributed by atoms with Crippen molar-refractivity contribution in [3.63, 3.8) is 0 Å². The molecule has 1 aromatic carbocycles. The normalized spacial score (nSPS) is 22.6. The van der Waals surface area contributed by atoms with Crippen molar-refractivity contribution in [2.45, 2.75) is 76.9 Å². The van der Waals surface area contributed by atoms with Crippen LogP contribution < -0.4 is 5.73 Å². The van der Waals surface area contributed by atoms with E-state index in [4.69, 9.17) is 38.9 Å². The van der Waals surface area contributed by atoms with Crippen molar-refractivity contribution in [1.29, 1.82) is 0 Å². The molecule has 16 heteroatoms. The highest BCUT2D eigenvalue weighted by Gasteiger charge is 2.58. The van der Waals surface area contributed by atoms with Gasteiger partial charge in [-0.05, 0) is 0 Å². The summed E-state index contributed by atoms with van der Waals surface area (Å²) in [5.41, 5.74) is 7.89. The fraction of sp³-hybridized carbons (Fsp3) is 0.536. The molecule has 0 saturated carbocycles. The van der Waals surface area contributed by atoms with Crippen LogP contribution in [-0.2, 0) is 63.7 Å². The van der Waals surface area contributed by atoms with Crippen molar-refractivity contribution >= 4 is 29.8 Å². The molecule has 0 bridgehead atoms. The van der Waals surface area contributed by atoms with E-state index in [1.807, 2.05) is 30.3 Å². The molecule has 0 aliphatic carbocycles. The molecule has 44 heavy (non-hydrogen) atoms. The van der Waals surface area contributed by atoms with Gasteiger partial charge >= 0.3 is 29.8 Å². The minimum atomic E-state index is -2.24. The third-order valence-electron chi connectivity index (χ3n) is 6.44. The molecule has 3 rings (SSSR count). The predicted molar refractivity (Wildman–Crippen MR) is 147 cm³/mol. The van der Waals surface area contributed by atoms with Crippen LogP contribution in [0.2, 0.25) is 0 Å². The number of hydrogen-bond donors (Lipinski definition) is 1. The summed E-state index contributed by atoms with van der Waals surface area (Å²) in [4.78, 5) is 61.0. The molecular weight excluding hydrogens is 584 g/mol. The molecule has 1 saturated heterocycles. The lowest BCUT2D eigenvalue weighted by Crippen LogP contribution is -2.68. The number of rotatable bonds is 13. The van der Waals surface area contributed by atoms with Crippen molar-refractivity contribution in [1.82, 2.24) is 15.0 Å². The van der Waals surface area contributed by atoms with Crippen molar-refractivity contribution in [2.75, 3.05) is 20.3 Å². The second-order valence-corrected chi connectivity index (χ2v) is 9.86.